The molecular weight excluding hydrogens is 286 g/mol. The molecule has 0 bridgehead atoms. The van der Waals surface area contributed by atoms with E-state index in [4.69, 9.17) is 4.74 Å². The van der Waals surface area contributed by atoms with Crippen molar-refractivity contribution in [1.29, 1.82) is 0 Å². The smallest absolute Gasteiger partial charge is 0.310 e. The Morgan fingerprint density at radius 3 is 1.76 bits per heavy atom. The topological polar surface area (TPSA) is 26.3 Å². The summed E-state index contributed by atoms with van der Waals surface area (Å²) in [5.41, 5.74) is 0. The van der Waals surface area contributed by atoms with E-state index in [0.29, 0.717) is 10.9 Å². The third-order valence-electron chi connectivity index (χ3n) is 3.88. The first-order chi connectivity index (χ1) is 9.38. The Hall–Kier alpha value is -0.280. The number of rotatable bonds is 12. The zero-order valence-corrected chi connectivity index (χ0v) is 15.5. The predicted molar refractivity (Wildman–Crippen MR) is 85.4 cm³/mol. The van der Waals surface area contributed by atoms with E-state index in [1.54, 1.807) is 0 Å². The lowest BCUT2D eigenvalue weighted by Crippen LogP contribution is -3.00. The SMILES string of the molecule is CCCCCCCCCCCC(=O)OC(C)[N+](C)(C)C.[Cl-]. The number of esters is 1. The Kier molecular flexibility index (Phi) is 14.7. The van der Waals surface area contributed by atoms with Gasteiger partial charge in [-0.25, -0.2) is 0 Å². The highest BCUT2D eigenvalue weighted by Gasteiger charge is 2.21. The number of ether oxygens (including phenoxy) is 1. The molecule has 0 aromatic heterocycles. The Bertz CT molecular complexity index is 252. The van der Waals surface area contributed by atoms with Crippen LogP contribution in [0.1, 0.15) is 78.1 Å². The number of hydrogen-bond acceptors (Lipinski definition) is 2. The van der Waals surface area contributed by atoms with Crippen LogP contribution < -0.4 is 12.4 Å². The largest absolute Gasteiger partial charge is 1.00 e. The Morgan fingerprint density at radius 1 is 0.905 bits per heavy atom. The first kappa shape index (κ1) is 23.0. The van der Waals surface area contributed by atoms with Crippen molar-refractivity contribution in [2.24, 2.45) is 0 Å². The molecular formula is C17H36ClNO2. The fraction of sp³-hybridized carbons (Fsp3) is 0.941. The van der Waals surface area contributed by atoms with Gasteiger partial charge in [-0.05, 0) is 6.42 Å². The van der Waals surface area contributed by atoms with Crippen molar-refractivity contribution in [2.45, 2.75) is 84.3 Å². The molecule has 0 aromatic rings. The fourth-order valence-corrected chi connectivity index (χ4v) is 1.99. The van der Waals surface area contributed by atoms with Crippen LogP contribution in [0.2, 0.25) is 0 Å². The zero-order chi connectivity index (χ0) is 15.4. The highest BCUT2D eigenvalue weighted by atomic mass is 35.5. The van der Waals surface area contributed by atoms with Crippen molar-refractivity contribution in [3.05, 3.63) is 0 Å². The molecule has 0 aliphatic rings. The van der Waals surface area contributed by atoms with Crippen LogP contribution in [-0.2, 0) is 9.53 Å². The van der Waals surface area contributed by atoms with E-state index in [-0.39, 0.29) is 24.6 Å². The van der Waals surface area contributed by atoms with Gasteiger partial charge >= 0.3 is 5.97 Å². The fourth-order valence-electron chi connectivity index (χ4n) is 1.99. The third kappa shape index (κ3) is 14.4. The van der Waals surface area contributed by atoms with Gasteiger partial charge < -0.3 is 17.1 Å². The van der Waals surface area contributed by atoms with Crippen molar-refractivity contribution >= 4 is 5.97 Å². The molecule has 0 aliphatic heterocycles. The molecule has 0 spiro atoms. The molecule has 0 amide bonds. The van der Waals surface area contributed by atoms with Crippen molar-refractivity contribution in [3.63, 3.8) is 0 Å². The van der Waals surface area contributed by atoms with Crippen molar-refractivity contribution in [2.75, 3.05) is 21.1 Å². The van der Waals surface area contributed by atoms with Crippen LogP contribution in [0.15, 0.2) is 0 Å². The lowest BCUT2D eigenvalue weighted by atomic mass is 10.1. The van der Waals surface area contributed by atoms with Crippen LogP contribution in [0.25, 0.3) is 0 Å². The maximum atomic E-state index is 11.7. The summed E-state index contributed by atoms with van der Waals surface area (Å²) in [7, 11) is 6.11. The predicted octanol–water partition coefficient (Wildman–Crippen LogP) is 1.51. The van der Waals surface area contributed by atoms with Gasteiger partial charge in [-0.2, -0.15) is 0 Å². The van der Waals surface area contributed by atoms with Gasteiger partial charge in [0.1, 0.15) is 0 Å². The van der Waals surface area contributed by atoms with Gasteiger partial charge in [0.2, 0.25) is 6.23 Å². The number of halogens is 1. The maximum absolute atomic E-state index is 11.7. The van der Waals surface area contributed by atoms with E-state index >= 15 is 0 Å². The minimum atomic E-state index is -0.0685. The summed E-state index contributed by atoms with van der Waals surface area (Å²) in [5, 5.41) is 0. The molecule has 128 valence electrons. The summed E-state index contributed by atoms with van der Waals surface area (Å²) in [5.74, 6) is -0.0477. The summed E-state index contributed by atoms with van der Waals surface area (Å²) in [4.78, 5) is 11.7. The second-order valence-electron chi connectivity index (χ2n) is 6.78. The molecule has 1 atom stereocenters. The van der Waals surface area contributed by atoms with Crippen LogP contribution in [0, 0.1) is 0 Å². The molecule has 0 heterocycles. The lowest BCUT2D eigenvalue weighted by Gasteiger charge is -2.30. The Labute approximate surface area is 138 Å². The Morgan fingerprint density at radius 2 is 1.33 bits per heavy atom. The van der Waals surface area contributed by atoms with Crippen LogP contribution in [0.3, 0.4) is 0 Å². The van der Waals surface area contributed by atoms with Gasteiger partial charge in [-0.1, -0.05) is 58.3 Å². The van der Waals surface area contributed by atoms with Crippen molar-refractivity contribution in [3.8, 4) is 0 Å². The van der Waals surface area contributed by atoms with Crippen LogP contribution in [0.5, 0.6) is 0 Å². The van der Waals surface area contributed by atoms with E-state index in [1.165, 1.54) is 44.9 Å². The summed E-state index contributed by atoms with van der Waals surface area (Å²) in [6, 6.07) is 0. The van der Waals surface area contributed by atoms with Gasteiger partial charge in [-0.3, -0.25) is 9.28 Å². The average Bonchev–Trinajstić information content (AvgIpc) is 2.35. The molecule has 1 unspecified atom stereocenters. The third-order valence-corrected chi connectivity index (χ3v) is 3.88. The molecule has 3 nitrogen and oxygen atoms in total. The van der Waals surface area contributed by atoms with E-state index in [0.717, 1.165) is 12.8 Å². The summed E-state index contributed by atoms with van der Waals surface area (Å²) >= 11 is 0. The summed E-state index contributed by atoms with van der Waals surface area (Å²) in [6.07, 6.45) is 12.0. The molecule has 0 aromatic carbocycles. The number of carbonyl (C=O) groups excluding carboxylic acids is 1. The lowest BCUT2D eigenvalue weighted by molar-refractivity contribution is -0.914. The van der Waals surface area contributed by atoms with Gasteiger partial charge in [0.15, 0.2) is 0 Å². The number of unbranched alkanes of at least 4 members (excludes halogenated alkanes) is 8. The highest BCUT2D eigenvalue weighted by molar-refractivity contribution is 5.69. The zero-order valence-electron chi connectivity index (χ0n) is 14.8. The summed E-state index contributed by atoms with van der Waals surface area (Å²) in [6.45, 7) is 4.20. The van der Waals surface area contributed by atoms with E-state index in [2.05, 4.69) is 6.92 Å². The minimum absolute atomic E-state index is 0. The summed E-state index contributed by atoms with van der Waals surface area (Å²) < 4.78 is 6.08. The second kappa shape index (κ2) is 13.4. The second-order valence-corrected chi connectivity index (χ2v) is 6.78. The van der Waals surface area contributed by atoms with Crippen LogP contribution in [-0.4, -0.2) is 37.8 Å². The van der Waals surface area contributed by atoms with Crippen molar-refractivity contribution < 1.29 is 26.4 Å². The monoisotopic (exact) mass is 321 g/mol. The van der Waals surface area contributed by atoms with Gasteiger partial charge in [0.05, 0.1) is 21.1 Å². The van der Waals surface area contributed by atoms with E-state index < -0.39 is 0 Å². The van der Waals surface area contributed by atoms with Gasteiger partial charge in [0, 0.05) is 13.3 Å². The molecule has 0 radical (unpaired) electrons. The average molecular weight is 322 g/mol. The molecule has 0 N–H and O–H groups in total. The number of quaternary nitrogens is 1. The quantitative estimate of drug-likeness (QED) is 0.236. The van der Waals surface area contributed by atoms with Gasteiger partial charge in [-0.15, -0.1) is 0 Å². The first-order valence-corrected chi connectivity index (χ1v) is 8.38. The molecule has 4 heteroatoms. The Balaban J connectivity index is 0. The molecule has 21 heavy (non-hydrogen) atoms. The molecule has 0 fully saturated rings. The van der Waals surface area contributed by atoms with Crippen LogP contribution in [0.4, 0.5) is 0 Å². The van der Waals surface area contributed by atoms with E-state index in [9.17, 15) is 4.79 Å². The molecule has 0 saturated carbocycles. The first-order valence-electron chi connectivity index (χ1n) is 8.38. The maximum Gasteiger partial charge on any atom is 0.310 e. The number of nitrogens with zero attached hydrogens (tertiary/aromatic N) is 1. The molecule has 0 aliphatic carbocycles. The molecule has 0 rings (SSSR count). The number of carbonyl (C=O) groups is 1. The standard InChI is InChI=1S/C17H36NO2.ClH/c1-6-7-8-9-10-11-12-13-14-15-17(19)20-16(2)18(3,4)5;/h16H,6-15H2,1-5H3;1H/q+1;/p-1. The molecule has 0 saturated heterocycles. The van der Waals surface area contributed by atoms with E-state index in [1.807, 2.05) is 28.1 Å². The van der Waals surface area contributed by atoms with Gasteiger partial charge in [0.25, 0.3) is 0 Å². The normalized spacial score (nSPS) is 12.6. The van der Waals surface area contributed by atoms with Crippen molar-refractivity contribution in [1.82, 2.24) is 0 Å². The number of hydrogen-bond donors (Lipinski definition) is 0. The minimum Gasteiger partial charge on any atom is -1.00 e. The highest BCUT2D eigenvalue weighted by Crippen LogP contribution is 2.12. The van der Waals surface area contributed by atoms with Crippen LogP contribution >= 0.6 is 0 Å².